The summed E-state index contributed by atoms with van der Waals surface area (Å²) in [6.07, 6.45) is 5.08. The van der Waals surface area contributed by atoms with Gasteiger partial charge in [-0.25, -0.2) is 9.59 Å². The van der Waals surface area contributed by atoms with Gasteiger partial charge >= 0.3 is 12.1 Å². The van der Waals surface area contributed by atoms with Crippen LogP contribution in [0, 0.1) is 5.41 Å². The molecule has 4 rings (SSSR count). The van der Waals surface area contributed by atoms with Gasteiger partial charge in [-0.05, 0) is 67.2 Å². The summed E-state index contributed by atoms with van der Waals surface area (Å²) in [5.41, 5.74) is 1.61. The molecule has 0 atom stereocenters. The van der Waals surface area contributed by atoms with Crippen molar-refractivity contribution in [1.82, 2.24) is 4.90 Å². The van der Waals surface area contributed by atoms with E-state index in [9.17, 15) is 14.7 Å². The van der Waals surface area contributed by atoms with E-state index in [-0.39, 0.29) is 24.7 Å². The molecular weight excluding hydrogens is 486 g/mol. The summed E-state index contributed by atoms with van der Waals surface area (Å²) in [5.74, 6) is -0.950. The van der Waals surface area contributed by atoms with E-state index >= 15 is 0 Å². The lowest BCUT2D eigenvalue weighted by atomic mass is 9.63. The van der Waals surface area contributed by atoms with Gasteiger partial charge in [0.05, 0.1) is 5.60 Å². The van der Waals surface area contributed by atoms with Gasteiger partial charge in [-0.2, -0.15) is 0 Å². The third kappa shape index (κ3) is 5.76. The fourth-order valence-electron chi connectivity index (χ4n) is 5.13. The fraction of sp³-hybridized carbons (Fsp3) is 0.462. The minimum atomic E-state index is -0.950. The predicted molar refractivity (Wildman–Crippen MR) is 128 cm³/mol. The first-order chi connectivity index (χ1) is 15.9. The third-order valence-electron chi connectivity index (χ3n) is 7.25. The Bertz CT molecular complexity index is 944. The molecule has 1 aliphatic heterocycles. The van der Waals surface area contributed by atoms with Gasteiger partial charge in [-0.1, -0.05) is 58.4 Å². The molecule has 0 aromatic heterocycles. The van der Waals surface area contributed by atoms with E-state index in [2.05, 4.69) is 15.9 Å². The Balaban J connectivity index is 1.34. The summed E-state index contributed by atoms with van der Waals surface area (Å²) in [6, 6.07) is 17.7. The Hall–Kier alpha value is -2.38. The minimum absolute atomic E-state index is 0.168. The molecule has 0 unspecified atom stereocenters. The molecule has 1 N–H and O–H groups in total. The first kappa shape index (κ1) is 23.8. The van der Waals surface area contributed by atoms with Crippen LogP contribution in [0.25, 0.3) is 0 Å². The highest BCUT2D eigenvalue weighted by molar-refractivity contribution is 9.10. The number of halogens is 1. The van der Waals surface area contributed by atoms with Crippen LogP contribution in [0.4, 0.5) is 4.79 Å². The van der Waals surface area contributed by atoms with Crippen LogP contribution in [0.2, 0.25) is 0 Å². The van der Waals surface area contributed by atoms with Gasteiger partial charge in [-0.3, -0.25) is 0 Å². The Morgan fingerprint density at radius 1 is 0.909 bits per heavy atom. The second-order valence-corrected chi connectivity index (χ2v) is 10.1. The standard InChI is InChI=1S/C26H30BrNO5/c27-22-8-6-21(7-9-22)26(33-19-23(29)30)12-10-25(11-13-26)14-16-28(17-15-25)24(31)32-18-20-4-2-1-3-5-20/h1-9H,10-19H2,(H,29,30). The summed E-state index contributed by atoms with van der Waals surface area (Å²) in [6.45, 7) is 1.37. The number of hydrogen-bond acceptors (Lipinski definition) is 4. The van der Waals surface area contributed by atoms with E-state index in [0.717, 1.165) is 54.1 Å². The molecule has 1 spiro atoms. The van der Waals surface area contributed by atoms with Crippen molar-refractivity contribution < 1.29 is 24.2 Å². The van der Waals surface area contributed by atoms with E-state index < -0.39 is 11.6 Å². The smallest absolute Gasteiger partial charge is 0.410 e. The molecule has 7 heteroatoms. The van der Waals surface area contributed by atoms with Crippen molar-refractivity contribution in [2.45, 2.75) is 50.7 Å². The molecule has 2 aromatic rings. The maximum atomic E-state index is 12.5. The number of piperidine rings is 1. The zero-order chi connectivity index (χ0) is 23.3. The number of nitrogens with zero attached hydrogens (tertiary/aromatic N) is 1. The van der Waals surface area contributed by atoms with E-state index in [4.69, 9.17) is 9.47 Å². The molecule has 33 heavy (non-hydrogen) atoms. The van der Waals surface area contributed by atoms with Crippen molar-refractivity contribution in [3.63, 3.8) is 0 Å². The van der Waals surface area contributed by atoms with Crippen molar-refractivity contribution >= 4 is 28.0 Å². The second kappa shape index (κ2) is 10.3. The van der Waals surface area contributed by atoms with E-state index in [0.29, 0.717) is 13.1 Å². The van der Waals surface area contributed by atoms with Crippen LogP contribution in [0.5, 0.6) is 0 Å². The van der Waals surface area contributed by atoms with Crippen LogP contribution < -0.4 is 0 Å². The molecule has 6 nitrogen and oxygen atoms in total. The van der Waals surface area contributed by atoms with Gasteiger partial charge in [0, 0.05) is 17.6 Å². The number of likely N-dealkylation sites (tertiary alicyclic amines) is 1. The van der Waals surface area contributed by atoms with Crippen molar-refractivity contribution in [1.29, 1.82) is 0 Å². The van der Waals surface area contributed by atoms with E-state index in [1.807, 2.05) is 59.5 Å². The molecular formula is C26H30BrNO5. The molecule has 176 valence electrons. The van der Waals surface area contributed by atoms with Gasteiger partial charge in [0.15, 0.2) is 0 Å². The molecule has 1 saturated heterocycles. The van der Waals surface area contributed by atoms with Crippen molar-refractivity contribution in [3.8, 4) is 0 Å². The summed E-state index contributed by atoms with van der Waals surface area (Å²) in [4.78, 5) is 25.6. The molecule has 2 aromatic carbocycles. The monoisotopic (exact) mass is 515 g/mol. The van der Waals surface area contributed by atoms with Crippen molar-refractivity contribution in [2.24, 2.45) is 5.41 Å². The molecule has 1 amide bonds. The molecule has 0 radical (unpaired) electrons. The second-order valence-electron chi connectivity index (χ2n) is 9.21. The number of carboxylic acids is 1. The molecule has 2 fully saturated rings. The van der Waals surface area contributed by atoms with Crippen LogP contribution in [-0.4, -0.2) is 41.8 Å². The zero-order valence-corrected chi connectivity index (χ0v) is 20.3. The SMILES string of the molecule is O=C(O)COC1(c2ccc(Br)cc2)CCC2(CCN(C(=O)OCc3ccccc3)CC2)CC1. The number of carbonyl (C=O) groups excluding carboxylic acids is 1. The molecule has 1 aliphatic carbocycles. The lowest BCUT2D eigenvalue weighted by molar-refractivity contribution is -0.157. The maximum Gasteiger partial charge on any atom is 0.410 e. The first-order valence-corrected chi connectivity index (χ1v) is 12.3. The van der Waals surface area contributed by atoms with Crippen LogP contribution in [0.3, 0.4) is 0 Å². The summed E-state index contributed by atoms with van der Waals surface area (Å²) in [5, 5.41) is 9.21. The molecule has 1 saturated carbocycles. The van der Waals surface area contributed by atoms with Gasteiger partial charge in [0.2, 0.25) is 0 Å². The zero-order valence-electron chi connectivity index (χ0n) is 18.7. The highest BCUT2D eigenvalue weighted by Gasteiger charge is 2.46. The number of ether oxygens (including phenoxy) is 2. The number of benzene rings is 2. The maximum absolute atomic E-state index is 12.5. The number of aliphatic carboxylic acids is 1. The number of carboxylic acid groups (broad SMARTS) is 1. The number of amides is 1. The number of carbonyl (C=O) groups is 2. The van der Waals surface area contributed by atoms with Gasteiger partial charge in [-0.15, -0.1) is 0 Å². The molecule has 2 aliphatic rings. The van der Waals surface area contributed by atoms with Gasteiger partial charge in [0.1, 0.15) is 13.2 Å². The lowest BCUT2D eigenvalue weighted by Gasteiger charge is -2.49. The summed E-state index contributed by atoms with van der Waals surface area (Å²) in [7, 11) is 0. The normalized spacial score (nSPS) is 19.2. The fourth-order valence-corrected chi connectivity index (χ4v) is 5.39. The average molecular weight is 516 g/mol. The lowest BCUT2D eigenvalue weighted by Crippen LogP contribution is -2.47. The Morgan fingerprint density at radius 2 is 1.55 bits per heavy atom. The topological polar surface area (TPSA) is 76.1 Å². The number of hydrogen-bond donors (Lipinski definition) is 1. The quantitative estimate of drug-likeness (QED) is 0.530. The largest absolute Gasteiger partial charge is 0.480 e. The molecule has 0 bridgehead atoms. The van der Waals surface area contributed by atoms with Gasteiger partial charge < -0.3 is 19.5 Å². The van der Waals surface area contributed by atoms with Crippen LogP contribution in [0.1, 0.15) is 49.7 Å². The third-order valence-corrected chi connectivity index (χ3v) is 7.78. The van der Waals surface area contributed by atoms with Gasteiger partial charge in [0.25, 0.3) is 0 Å². The van der Waals surface area contributed by atoms with Crippen LogP contribution >= 0.6 is 15.9 Å². The van der Waals surface area contributed by atoms with E-state index in [1.165, 1.54) is 0 Å². The Morgan fingerprint density at radius 3 is 2.15 bits per heavy atom. The minimum Gasteiger partial charge on any atom is -0.480 e. The van der Waals surface area contributed by atoms with Crippen LogP contribution in [-0.2, 0) is 26.5 Å². The van der Waals surface area contributed by atoms with E-state index in [1.54, 1.807) is 0 Å². The Labute approximate surface area is 203 Å². The van der Waals surface area contributed by atoms with Crippen molar-refractivity contribution in [3.05, 3.63) is 70.2 Å². The summed E-state index contributed by atoms with van der Waals surface area (Å²) >= 11 is 3.47. The highest BCUT2D eigenvalue weighted by Crippen LogP contribution is 2.52. The first-order valence-electron chi connectivity index (χ1n) is 11.5. The summed E-state index contributed by atoms with van der Waals surface area (Å²) < 4.78 is 12.5. The van der Waals surface area contributed by atoms with Crippen molar-refractivity contribution in [2.75, 3.05) is 19.7 Å². The predicted octanol–water partition coefficient (Wildman–Crippen LogP) is 5.74. The Kier molecular flexibility index (Phi) is 7.39. The molecule has 1 heterocycles. The number of rotatable bonds is 6. The highest BCUT2D eigenvalue weighted by atomic mass is 79.9. The van der Waals surface area contributed by atoms with Crippen LogP contribution in [0.15, 0.2) is 59.1 Å². The average Bonchev–Trinajstić information content (AvgIpc) is 2.84.